The molecule has 0 spiro atoms. The molecule has 0 fully saturated rings. The second-order valence-electron chi connectivity index (χ2n) is 15.7. The van der Waals surface area contributed by atoms with Gasteiger partial charge in [-0.2, -0.15) is 0 Å². The molecule has 0 aliphatic carbocycles. The van der Waals surface area contributed by atoms with Crippen LogP contribution in [0.25, 0.3) is 87.7 Å². The molecule has 2 aromatic heterocycles. The summed E-state index contributed by atoms with van der Waals surface area (Å²) >= 11 is 0. The first-order valence-corrected chi connectivity index (χ1v) is 22.3. The van der Waals surface area contributed by atoms with Gasteiger partial charge < -0.3 is 13.7 Å². The number of nitrogens with zero attached hydrogens (tertiary/aromatic N) is 1. The Labute approximate surface area is 324 Å². The standard InChI is InChI=1S/C52H35NO2Si/c1-56(2)48-14-8-7-13-41(48)42-25-22-39(31-49(42)56)53(37-20-17-33(18-21-37)36-16-15-32-9-3-4-11-35(32)29-36)38-23-26-45-44(30-38)51-46(54-45)27-28-47-50(51)43-24-19-34-10-5-6-12-40(34)52(43)55-47/h3-31H,1-2H3. The number of fused-ring (bicyclic) bond motifs is 13. The van der Waals surface area contributed by atoms with Gasteiger partial charge in [0.25, 0.3) is 0 Å². The Bertz CT molecular complexity index is 3410. The lowest BCUT2D eigenvalue weighted by Gasteiger charge is -2.28. The summed E-state index contributed by atoms with van der Waals surface area (Å²) in [6.07, 6.45) is 0. The van der Waals surface area contributed by atoms with E-state index in [1.807, 2.05) is 6.07 Å². The van der Waals surface area contributed by atoms with Crippen LogP contribution in [-0.4, -0.2) is 8.07 Å². The molecule has 0 saturated heterocycles. The van der Waals surface area contributed by atoms with Crippen molar-refractivity contribution < 1.29 is 8.83 Å². The van der Waals surface area contributed by atoms with Gasteiger partial charge in [0.1, 0.15) is 30.4 Å². The molecule has 0 N–H and O–H groups in total. The van der Waals surface area contributed by atoms with Crippen LogP contribution in [-0.2, 0) is 0 Å². The fraction of sp³-hybridized carbons (Fsp3) is 0.0385. The van der Waals surface area contributed by atoms with Gasteiger partial charge in [-0.15, -0.1) is 0 Å². The summed E-state index contributed by atoms with van der Waals surface area (Å²) in [5.41, 5.74) is 12.0. The van der Waals surface area contributed by atoms with Crippen molar-refractivity contribution in [2.24, 2.45) is 0 Å². The molecule has 12 rings (SSSR count). The lowest BCUT2D eigenvalue weighted by molar-refractivity contribution is 0.664. The number of rotatable bonds is 4. The molecule has 3 heterocycles. The van der Waals surface area contributed by atoms with E-state index in [0.29, 0.717) is 0 Å². The van der Waals surface area contributed by atoms with Crippen LogP contribution in [0.15, 0.2) is 185 Å². The molecular formula is C52H35NO2Si. The van der Waals surface area contributed by atoms with Crippen LogP contribution in [0.5, 0.6) is 0 Å². The largest absolute Gasteiger partial charge is 0.456 e. The molecule has 0 unspecified atom stereocenters. The zero-order valence-corrected chi connectivity index (χ0v) is 32.0. The van der Waals surface area contributed by atoms with Crippen molar-refractivity contribution in [1.82, 2.24) is 0 Å². The minimum atomic E-state index is -1.93. The fourth-order valence-electron chi connectivity index (χ4n) is 9.44. The Morgan fingerprint density at radius 1 is 0.393 bits per heavy atom. The van der Waals surface area contributed by atoms with Crippen molar-refractivity contribution in [2.45, 2.75) is 13.1 Å². The minimum absolute atomic E-state index is 0.856. The van der Waals surface area contributed by atoms with Crippen LogP contribution in [0.2, 0.25) is 13.1 Å². The molecular weight excluding hydrogens is 699 g/mol. The van der Waals surface area contributed by atoms with E-state index in [0.717, 1.165) is 66.3 Å². The molecule has 0 amide bonds. The second-order valence-corrected chi connectivity index (χ2v) is 20.0. The van der Waals surface area contributed by atoms with Gasteiger partial charge in [0.15, 0.2) is 0 Å². The third-order valence-electron chi connectivity index (χ3n) is 12.2. The monoisotopic (exact) mass is 733 g/mol. The van der Waals surface area contributed by atoms with Crippen LogP contribution in [0, 0.1) is 0 Å². The quantitative estimate of drug-likeness (QED) is 0.169. The lowest BCUT2D eigenvalue weighted by atomic mass is 10.0. The highest BCUT2D eigenvalue weighted by Crippen LogP contribution is 2.45. The number of hydrogen-bond acceptors (Lipinski definition) is 3. The Balaban J connectivity index is 1.06. The average molecular weight is 734 g/mol. The highest BCUT2D eigenvalue weighted by atomic mass is 28.3. The predicted molar refractivity (Wildman–Crippen MR) is 238 cm³/mol. The summed E-state index contributed by atoms with van der Waals surface area (Å²) in [5, 5.41) is 12.1. The lowest BCUT2D eigenvalue weighted by Crippen LogP contribution is -2.49. The number of anilines is 3. The average Bonchev–Trinajstić information content (AvgIpc) is 3.88. The summed E-state index contributed by atoms with van der Waals surface area (Å²) in [4.78, 5) is 2.41. The highest BCUT2D eigenvalue weighted by Gasteiger charge is 2.37. The maximum atomic E-state index is 6.62. The van der Waals surface area contributed by atoms with E-state index < -0.39 is 8.07 Å². The number of furan rings is 2. The summed E-state index contributed by atoms with van der Waals surface area (Å²) in [6.45, 7) is 4.97. The van der Waals surface area contributed by atoms with Crippen molar-refractivity contribution in [2.75, 3.05) is 4.90 Å². The predicted octanol–water partition coefficient (Wildman–Crippen LogP) is 13.7. The van der Waals surface area contributed by atoms with Gasteiger partial charge in [-0.25, -0.2) is 0 Å². The van der Waals surface area contributed by atoms with Gasteiger partial charge in [-0.3, -0.25) is 0 Å². The molecule has 1 aliphatic heterocycles. The highest BCUT2D eigenvalue weighted by molar-refractivity contribution is 7.03. The molecule has 4 heteroatoms. The normalized spacial score (nSPS) is 13.3. The zero-order chi connectivity index (χ0) is 37.1. The van der Waals surface area contributed by atoms with Crippen molar-refractivity contribution >= 4 is 101 Å². The smallest absolute Gasteiger partial charge is 0.143 e. The number of benzene rings is 9. The molecule has 264 valence electrons. The molecule has 56 heavy (non-hydrogen) atoms. The topological polar surface area (TPSA) is 29.5 Å². The van der Waals surface area contributed by atoms with Gasteiger partial charge in [0, 0.05) is 44.0 Å². The second kappa shape index (κ2) is 11.6. The molecule has 0 atom stereocenters. The fourth-order valence-corrected chi connectivity index (χ4v) is 12.5. The third kappa shape index (κ3) is 4.51. The van der Waals surface area contributed by atoms with Gasteiger partial charge >= 0.3 is 0 Å². The molecule has 3 nitrogen and oxygen atoms in total. The molecule has 9 aromatic carbocycles. The van der Waals surface area contributed by atoms with E-state index in [9.17, 15) is 0 Å². The molecule has 0 radical (unpaired) electrons. The SMILES string of the molecule is C[Si]1(C)c2ccccc2-c2ccc(N(c3ccc(-c4ccc5ccccc5c4)cc3)c3ccc4oc5ccc6oc7c8ccccc8ccc7c6c5c4c3)cc21. The van der Waals surface area contributed by atoms with Gasteiger partial charge in [-0.05, 0) is 116 Å². The van der Waals surface area contributed by atoms with Gasteiger partial charge in [-0.1, -0.05) is 122 Å². The van der Waals surface area contributed by atoms with Crippen molar-refractivity contribution in [1.29, 1.82) is 0 Å². The van der Waals surface area contributed by atoms with E-state index in [1.165, 1.54) is 48.8 Å². The Hall–Kier alpha value is -6.88. The maximum absolute atomic E-state index is 6.62. The molecule has 11 aromatic rings. The first-order valence-electron chi connectivity index (χ1n) is 19.3. The third-order valence-corrected chi connectivity index (χ3v) is 15.8. The maximum Gasteiger partial charge on any atom is 0.143 e. The number of hydrogen-bond donors (Lipinski definition) is 0. The molecule has 0 saturated carbocycles. The molecule has 1 aliphatic rings. The van der Waals surface area contributed by atoms with Crippen LogP contribution < -0.4 is 15.3 Å². The van der Waals surface area contributed by atoms with Crippen LogP contribution >= 0.6 is 0 Å². The van der Waals surface area contributed by atoms with Crippen molar-refractivity contribution in [3.63, 3.8) is 0 Å². The Kier molecular flexibility index (Phi) is 6.50. The van der Waals surface area contributed by atoms with Crippen molar-refractivity contribution in [3.05, 3.63) is 176 Å². The summed E-state index contributed by atoms with van der Waals surface area (Å²) in [5.74, 6) is 0. The summed E-state index contributed by atoms with van der Waals surface area (Å²) in [7, 11) is -1.93. The van der Waals surface area contributed by atoms with Crippen molar-refractivity contribution in [3.8, 4) is 22.3 Å². The first-order chi connectivity index (χ1) is 27.5. The molecule has 0 bridgehead atoms. The van der Waals surface area contributed by atoms with E-state index in [-0.39, 0.29) is 0 Å². The van der Waals surface area contributed by atoms with Gasteiger partial charge in [0.05, 0.1) is 0 Å². The minimum Gasteiger partial charge on any atom is -0.456 e. The van der Waals surface area contributed by atoms with E-state index >= 15 is 0 Å². The Morgan fingerprint density at radius 3 is 1.89 bits per heavy atom. The van der Waals surface area contributed by atoms with E-state index in [4.69, 9.17) is 8.83 Å². The summed E-state index contributed by atoms with van der Waals surface area (Å²) in [6, 6.07) is 64.0. The van der Waals surface area contributed by atoms with E-state index in [1.54, 1.807) is 0 Å². The van der Waals surface area contributed by atoms with Gasteiger partial charge in [0.2, 0.25) is 0 Å². The van der Waals surface area contributed by atoms with Crippen LogP contribution in [0.3, 0.4) is 0 Å². The van der Waals surface area contributed by atoms with E-state index in [2.05, 4.69) is 188 Å². The van der Waals surface area contributed by atoms with Crippen LogP contribution in [0.1, 0.15) is 0 Å². The zero-order valence-electron chi connectivity index (χ0n) is 31.0. The first kappa shape index (κ1) is 31.5. The Morgan fingerprint density at radius 2 is 1.02 bits per heavy atom. The van der Waals surface area contributed by atoms with Crippen LogP contribution in [0.4, 0.5) is 17.1 Å². The summed E-state index contributed by atoms with van der Waals surface area (Å²) < 4.78 is 13.2.